The first-order valence-electron chi connectivity index (χ1n) is 3.89. The Morgan fingerprint density at radius 3 is 2.71 bits per heavy atom. The van der Waals surface area contributed by atoms with Gasteiger partial charge in [0.05, 0.1) is 23.9 Å². The van der Waals surface area contributed by atoms with Gasteiger partial charge in [0.25, 0.3) is 0 Å². The summed E-state index contributed by atoms with van der Waals surface area (Å²) in [5.74, 6) is 0. The van der Waals surface area contributed by atoms with E-state index < -0.39 is 12.7 Å². The lowest BCUT2D eigenvalue weighted by Crippen LogP contribution is -2.20. The van der Waals surface area contributed by atoms with Crippen LogP contribution in [0.2, 0.25) is 0 Å². The number of alkyl halides is 3. The summed E-state index contributed by atoms with van der Waals surface area (Å²) in [4.78, 5) is 0. The Balaban J connectivity index is 2.91. The summed E-state index contributed by atoms with van der Waals surface area (Å²) >= 11 is 0. The van der Waals surface area contributed by atoms with Crippen LogP contribution in [0, 0.1) is 18.3 Å². The quantitative estimate of drug-likeness (QED) is 0.735. The summed E-state index contributed by atoms with van der Waals surface area (Å²) in [5, 5.41) is 12.0. The minimum absolute atomic E-state index is 0.0586. The van der Waals surface area contributed by atoms with Gasteiger partial charge in [-0.05, 0) is 13.0 Å². The van der Waals surface area contributed by atoms with Gasteiger partial charge >= 0.3 is 6.18 Å². The van der Waals surface area contributed by atoms with Gasteiger partial charge in [0, 0.05) is 0 Å². The molecule has 3 nitrogen and oxygen atoms in total. The van der Waals surface area contributed by atoms with E-state index in [1.54, 1.807) is 13.0 Å². The predicted octanol–water partition coefficient (Wildman–Crippen LogP) is 1.82. The van der Waals surface area contributed by atoms with Crippen LogP contribution >= 0.6 is 0 Å². The fourth-order valence-corrected chi connectivity index (χ4v) is 1.13. The van der Waals surface area contributed by atoms with Crippen LogP contribution in [0.15, 0.2) is 6.07 Å². The molecule has 1 aromatic rings. The van der Waals surface area contributed by atoms with Crippen molar-refractivity contribution < 1.29 is 13.2 Å². The molecule has 1 heterocycles. The summed E-state index contributed by atoms with van der Waals surface area (Å²) in [6, 6.07) is 3.28. The van der Waals surface area contributed by atoms with Gasteiger partial charge in [-0.3, -0.25) is 4.68 Å². The zero-order valence-electron chi connectivity index (χ0n) is 7.47. The average Bonchev–Trinajstić information content (AvgIpc) is 2.28. The van der Waals surface area contributed by atoms with Crippen molar-refractivity contribution >= 4 is 0 Å². The molecule has 1 aromatic heterocycles. The first-order valence-corrected chi connectivity index (χ1v) is 3.89. The second kappa shape index (κ2) is 3.70. The van der Waals surface area contributed by atoms with Crippen molar-refractivity contribution in [2.75, 3.05) is 0 Å². The molecular formula is C8H8F3N3. The van der Waals surface area contributed by atoms with E-state index in [1.165, 1.54) is 6.07 Å². The fourth-order valence-electron chi connectivity index (χ4n) is 1.13. The average molecular weight is 203 g/mol. The zero-order valence-corrected chi connectivity index (χ0v) is 7.47. The van der Waals surface area contributed by atoms with Crippen LogP contribution in [-0.2, 0) is 13.0 Å². The predicted molar refractivity (Wildman–Crippen MR) is 42.3 cm³/mol. The van der Waals surface area contributed by atoms with Crippen LogP contribution in [0.5, 0.6) is 0 Å². The molecule has 14 heavy (non-hydrogen) atoms. The highest BCUT2D eigenvalue weighted by Gasteiger charge is 2.29. The van der Waals surface area contributed by atoms with E-state index >= 15 is 0 Å². The summed E-state index contributed by atoms with van der Waals surface area (Å²) < 4.78 is 36.9. The molecule has 0 atom stereocenters. The molecule has 6 heteroatoms. The van der Waals surface area contributed by atoms with Crippen molar-refractivity contribution in [3.63, 3.8) is 0 Å². The van der Waals surface area contributed by atoms with Crippen molar-refractivity contribution in [1.82, 2.24) is 9.78 Å². The number of aromatic nitrogens is 2. The zero-order chi connectivity index (χ0) is 10.8. The molecule has 0 saturated heterocycles. The Labute approximate surface area is 78.8 Å². The maximum Gasteiger partial charge on any atom is 0.408 e. The normalized spacial score (nSPS) is 11.4. The fraction of sp³-hybridized carbons (Fsp3) is 0.500. The van der Waals surface area contributed by atoms with E-state index in [9.17, 15) is 13.2 Å². The number of halogens is 3. The van der Waals surface area contributed by atoms with Gasteiger partial charge < -0.3 is 0 Å². The molecule has 0 unspecified atom stereocenters. The van der Waals surface area contributed by atoms with E-state index in [0.717, 1.165) is 4.68 Å². The van der Waals surface area contributed by atoms with E-state index in [1.807, 2.05) is 0 Å². The SMILES string of the molecule is Cc1cc(CC#N)n(CC(F)(F)F)n1. The Bertz CT molecular complexity index is 359. The number of aryl methyl sites for hydroxylation is 1. The Morgan fingerprint density at radius 2 is 2.21 bits per heavy atom. The minimum atomic E-state index is -4.30. The molecule has 0 aliphatic carbocycles. The van der Waals surface area contributed by atoms with Gasteiger partial charge in [-0.2, -0.15) is 23.5 Å². The number of hydrogen-bond acceptors (Lipinski definition) is 2. The van der Waals surface area contributed by atoms with Crippen LogP contribution in [0.3, 0.4) is 0 Å². The van der Waals surface area contributed by atoms with Gasteiger partial charge in [-0.1, -0.05) is 0 Å². The summed E-state index contributed by atoms with van der Waals surface area (Å²) in [5.41, 5.74) is 0.779. The minimum Gasteiger partial charge on any atom is -0.259 e. The highest BCUT2D eigenvalue weighted by Crippen LogP contribution is 2.18. The van der Waals surface area contributed by atoms with Crippen LogP contribution < -0.4 is 0 Å². The Hall–Kier alpha value is -1.51. The molecule has 0 saturated carbocycles. The standard InChI is InChI=1S/C8H8F3N3/c1-6-4-7(2-3-12)14(13-6)5-8(9,10)11/h4H,2,5H2,1H3. The van der Waals surface area contributed by atoms with Crippen LogP contribution in [0.4, 0.5) is 13.2 Å². The number of rotatable bonds is 2. The second-order valence-electron chi connectivity index (χ2n) is 2.88. The molecule has 0 radical (unpaired) electrons. The van der Waals surface area contributed by atoms with Gasteiger partial charge in [0.1, 0.15) is 6.54 Å². The van der Waals surface area contributed by atoms with Gasteiger partial charge in [-0.15, -0.1) is 0 Å². The first-order chi connectivity index (χ1) is 6.42. The number of nitrogens with zero attached hydrogens (tertiary/aromatic N) is 3. The van der Waals surface area contributed by atoms with Crippen LogP contribution in [0.25, 0.3) is 0 Å². The Morgan fingerprint density at radius 1 is 1.57 bits per heavy atom. The summed E-state index contributed by atoms with van der Waals surface area (Å²) in [6.07, 6.45) is -4.36. The lowest BCUT2D eigenvalue weighted by Gasteiger charge is -2.08. The molecule has 0 N–H and O–H groups in total. The second-order valence-corrected chi connectivity index (χ2v) is 2.88. The van der Waals surface area contributed by atoms with E-state index in [4.69, 9.17) is 5.26 Å². The summed E-state index contributed by atoms with van der Waals surface area (Å²) in [7, 11) is 0. The summed E-state index contributed by atoms with van der Waals surface area (Å²) in [6.45, 7) is 0.450. The smallest absolute Gasteiger partial charge is 0.259 e. The van der Waals surface area contributed by atoms with Crippen molar-refractivity contribution in [3.8, 4) is 6.07 Å². The van der Waals surface area contributed by atoms with Crippen LogP contribution in [-0.4, -0.2) is 16.0 Å². The molecule has 0 aliphatic heterocycles. The van der Waals surface area contributed by atoms with Crippen molar-refractivity contribution in [3.05, 3.63) is 17.5 Å². The van der Waals surface area contributed by atoms with Crippen molar-refractivity contribution in [2.45, 2.75) is 26.1 Å². The molecule has 0 spiro atoms. The third-order valence-corrected chi connectivity index (χ3v) is 1.57. The maximum atomic E-state index is 12.0. The third-order valence-electron chi connectivity index (χ3n) is 1.57. The molecule has 0 aromatic carbocycles. The topological polar surface area (TPSA) is 41.6 Å². The van der Waals surface area contributed by atoms with Gasteiger partial charge in [0.15, 0.2) is 0 Å². The molecule has 0 bridgehead atoms. The van der Waals surface area contributed by atoms with E-state index in [-0.39, 0.29) is 6.42 Å². The van der Waals surface area contributed by atoms with E-state index in [2.05, 4.69) is 5.10 Å². The van der Waals surface area contributed by atoms with Gasteiger partial charge in [-0.25, -0.2) is 0 Å². The van der Waals surface area contributed by atoms with Gasteiger partial charge in [0.2, 0.25) is 0 Å². The number of nitriles is 1. The molecule has 76 valence electrons. The highest BCUT2D eigenvalue weighted by molar-refractivity contribution is 5.12. The van der Waals surface area contributed by atoms with Crippen LogP contribution in [0.1, 0.15) is 11.4 Å². The monoisotopic (exact) mass is 203 g/mol. The third kappa shape index (κ3) is 2.76. The molecule has 0 fully saturated rings. The Kier molecular flexibility index (Phi) is 2.79. The lowest BCUT2D eigenvalue weighted by atomic mass is 10.3. The molecule has 0 aliphatic rings. The van der Waals surface area contributed by atoms with E-state index in [0.29, 0.717) is 11.4 Å². The first kappa shape index (κ1) is 10.6. The van der Waals surface area contributed by atoms with Crippen molar-refractivity contribution in [1.29, 1.82) is 5.26 Å². The number of hydrogen-bond donors (Lipinski definition) is 0. The highest BCUT2D eigenvalue weighted by atomic mass is 19.4. The largest absolute Gasteiger partial charge is 0.408 e. The molecular weight excluding hydrogens is 195 g/mol. The van der Waals surface area contributed by atoms with Crippen molar-refractivity contribution in [2.24, 2.45) is 0 Å². The lowest BCUT2D eigenvalue weighted by molar-refractivity contribution is -0.143. The molecule has 1 rings (SSSR count). The maximum absolute atomic E-state index is 12.0. The molecule has 0 amide bonds.